The maximum atomic E-state index is 11.5. The van der Waals surface area contributed by atoms with E-state index in [1.807, 2.05) is 16.8 Å². The molecule has 0 radical (unpaired) electrons. The molecule has 1 aromatic rings. The Morgan fingerprint density at radius 2 is 2.47 bits per heavy atom. The van der Waals surface area contributed by atoms with Crippen LogP contribution in [0.3, 0.4) is 0 Å². The van der Waals surface area contributed by atoms with Gasteiger partial charge in [0.15, 0.2) is 0 Å². The average Bonchev–Trinajstić information content (AvgIpc) is 2.95. The molecule has 0 bridgehead atoms. The molecule has 82 valence electrons. The summed E-state index contributed by atoms with van der Waals surface area (Å²) in [4.78, 5) is 11.5. The zero-order valence-electron chi connectivity index (χ0n) is 8.41. The average molecular weight is 244 g/mol. The van der Waals surface area contributed by atoms with Crippen LogP contribution >= 0.6 is 22.9 Å². The van der Waals surface area contributed by atoms with Crippen LogP contribution in [0.4, 0.5) is 0 Å². The minimum Gasteiger partial charge on any atom is -0.354 e. The molecule has 1 aliphatic rings. The summed E-state index contributed by atoms with van der Waals surface area (Å²) in [5.74, 6) is 0.702. The number of nitrogens with one attached hydrogen (secondary N) is 1. The van der Waals surface area contributed by atoms with Crippen LogP contribution in [0.2, 0.25) is 0 Å². The number of carbonyl (C=O) groups excluding carboxylic acids is 1. The fraction of sp³-hybridized carbons (Fsp3) is 0.545. The van der Waals surface area contributed by atoms with E-state index in [0.717, 1.165) is 5.56 Å². The molecule has 0 aromatic carbocycles. The van der Waals surface area contributed by atoms with E-state index in [1.54, 1.807) is 11.3 Å². The van der Waals surface area contributed by atoms with E-state index >= 15 is 0 Å². The lowest BCUT2D eigenvalue weighted by Crippen LogP contribution is -2.31. The largest absolute Gasteiger partial charge is 0.354 e. The molecule has 0 spiro atoms. The lowest BCUT2D eigenvalue weighted by Gasteiger charge is -2.08. The second-order valence-corrected chi connectivity index (χ2v) is 5.31. The van der Waals surface area contributed by atoms with E-state index in [4.69, 9.17) is 11.6 Å². The van der Waals surface area contributed by atoms with Crippen molar-refractivity contribution in [2.24, 2.45) is 5.92 Å². The van der Waals surface area contributed by atoms with Crippen LogP contribution in [-0.2, 0) is 11.2 Å². The maximum absolute atomic E-state index is 11.5. The first-order valence-corrected chi connectivity index (χ1v) is 6.55. The lowest BCUT2D eigenvalue weighted by atomic mass is 10.2. The van der Waals surface area contributed by atoms with Crippen LogP contribution in [0.15, 0.2) is 16.8 Å². The van der Waals surface area contributed by atoms with Gasteiger partial charge in [-0.2, -0.15) is 11.3 Å². The molecule has 1 aromatic heterocycles. The van der Waals surface area contributed by atoms with Crippen molar-refractivity contribution in [3.05, 3.63) is 22.4 Å². The first kappa shape index (κ1) is 11.0. The Morgan fingerprint density at radius 3 is 3.07 bits per heavy atom. The third kappa shape index (κ3) is 3.50. The van der Waals surface area contributed by atoms with Gasteiger partial charge in [0.05, 0.1) is 11.8 Å². The number of carbonyl (C=O) groups is 1. The molecule has 1 atom stereocenters. The highest BCUT2D eigenvalue weighted by Crippen LogP contribution is 2.35. The number of thiophene rings is 1. The number of halogens is 1. The molecule has 1 saturated carbocycles. The van der Waals surface area contributed by atoms with Crippen LogP contribution in [-0.4, -0.2) is 17.8 Å². The number of rotatable bonds is 5. The van der Waals surface area contributed by atoms with Gasteiger partial charge in [-0.25, -0.2) is 0 Å². The predicted octanol–water partition coefficient (Wildman–Crippen LogP) is 2.42. The van der Waals surface area contributed by atoms with Crippen molar-refractivity contribution in [1.29, 1.82) is 0 Å². The third-order valence-electron chi connectivity index (χ3n) is 2.57. The molecule has 0 saturated heterocycles. The van der Waals surface area contributed by atoms with Crippen molar-refractivity contribution in [3.8, 4) is 0 Å². The number of amides is 1. The zero-order chi connectivity index (χ0) is 10.7. The molecule has 1 fully saturated rings. The first-order valence-electron chi connectivity index (χ1n) is 5.17. The summed E-state index contributed by atoms with van der Waals surface area (Å²) in [5.41, 5.74) is 1.08. The van der Waals surface area contributed by atoms with Gasteiger partial charge in [-0.15, -0.1) is 11.6 Å². The Hall–Kier alpha value is -0.540. The Kier molecular flexibility index (Phi) is 3.65. The highest BCUT2D eigenvalue weighted by Gasteiger charge is 2.29. The van der Waals surface area contributed by atoms with Crippen LogP contribution < -0.4 is 5.32 Å². The Labute approximate surface area is 98.6 Å². The van der Waals surface area contributed by atoms with Crippen LogP contribution in [0.5, 0.6) is 0 Å². The minimum atomic E-state index is 0.0692. The molecule has 4 heteroatoms. The van der Waals surface area contributed by atoms with Crippen molar-refractivity contribution >= 4 is 28.8 Å². The quantitative estimate of drug-likeness (QED) is 0.791. The minimum absolute atomic E-state index is 0.0692. The summed E-state index contributed by atoms with van der Waals surface area (Å²) >= 11 is 7.71. The highest BCUT2D eigenvalue weighted by atomic mass is 35.5. The van der Waals surface area contributed by atoms with Gasteiger partial charge in [0, 0.05) is 6.54 Å². The van der Waals surface area contributed by atoms with Gasteiger partial charge in [-0.1, -0.05) is 0 Å². The van der Waals surface area contributed by atoms with Gasteiger partial charge in [-0.05, 0) is 41.1 Å². The predicted molar refractivity (Wildman–Crippen MR) is 63.4 cm³/mol. The van der Waals surface area contributed by atoms with Gasteiger partial charge >= 0.3 is 0 Å². The molecule has 15 heavy (non-hydrogen) atoms. The van der Waals surface area contributed by atoms with Crippen molar-refractivity contribution in [3.63, 3.8) is 0 Å². The van der Waals surface area contributed by atoms with Gasteiger partial charge in [-0.3, -0.25) is 4.79 Å². The standard InChI is InChI=1S/C11H14ClNOS/c12-10(9-1-2-9)6-13-11(14)5-8-3-4-15-7-8/h3-4,7,9-10H,1-2,5-6H2,(H,13,14). The van der Waals surface area contributed by atoms with Crippen molar-refractivity contribution in [2.45, 2.75) is 24.6 Å². The number of alkyl halides is 1. The van der Waals surface area contributed by atoms with Gasteiger partial charge < -0.3 is 5.32 Å². The number of hydrogen-bond donors (Lipinski definition) is 1. The lowest BCUT2D eigenvalue weighted by molar-refractivity contribution is -0.120. The van der Waals surface area contributed by atoms with E-state index in [0.29, 0.717) is 18.9 Å². The Bertz CT molecular complexity index is 321. The van der Waals surface area contributed by atoms with Crippen LogP contribution in [0.25, 0.3) is 0 Å². The smallest absolute Gasteiger partial charge is 0.224 e. The maximum Gasteiger partial charge on any atom is 0.224 e. The summed E-state index contributed by atoms with van der Waals surface area (Å²) in [6.45, 7) is 0.606. The summed E-state index contributed by atoms with van der Waals surface area (Å²) in [6.07, 6.45) is 2.90. The molecule has 0 aliphatic heterocycles. The summed E-state index contributed by atoms with van der Waals surface area (Å²) in [5, 5.41) is 6.98. The summed E-state index contributed by atoms with van der Waals surface area (Å²) < 4.78 is 0. The second kappa shape index (κ2) is 4.99. The van der Waals surface area contributed by atoms with E-state index in [9.17, 15) is 4.79 Å². The fourth-order valence-electron chi connectivity index (χ4n) is 1.48. The normalized spacial score (nSPS) is 17.4. The van der Waals surface area contributed by atoms with Crippen molar-refractivity contribution < 1.29 is 4.79 Å². The molecule has 2 nitrogen and oxygen atoms in total. The van der Waals surface area contributed by atoms with Gasteiger partial charge in [0.25, 0.3) is 0 Å². The van der Waals surface area contributed by atoms with Crippen molar-refractivity contribution in [1.82, 2.24) is 5.32 Å². The van der Waals surface area contributed by atoms with E-state index < -0.39 is 0 Å². The topological polar surface area (TPSA) is 29.1 Å². The van der Waals surface area contributed by atoms with Gasteiger partial charge in [0.2, 0.25) is 5.91 Å². The highest BCUT2D eigenvalue weighted by molar-refractivity contribution is 7.07. The molecule has 2 rings (SSSR count). The SMILES string of the molecule is O=C(Cc1ccsc1)NCC(Cl)C1CC1. The summed E-state index contributed by atoms with van der Waals surface area (Å²) in [6, 6.07) is 1.98. The van der Waals surface area contributed by atoms with Crippen LogP contribution in [0, 0.1) is 5.92 Å². The molecule has 1 amide bonds. The number of hydrogen-bond acceptors (Lipinski definition) is 2. The Morgan fingerprint density at radius 1 is 1.67 bits per heavy atom. The van der Waals surface area contributed by atoms with E-state index in [2.05, 4.69) is 5.32 Å². The molecule has 1 aliphatic carbocycles. The Balaban J connectivity index is 1.68. The fourth-order valence-corrected chi connectivity index (χ4v) is 2.47. The third-order valence-corrected chi connectivity index (χ3v) is 3.82. The molecule has 1 N–H and O–H groups in total. The van der Waals surface area contributed by atoms with Gasteiger partial charge in [0.1, 0.15) is 0 Å². The molecular formula is C11H14ClNOS. The second-order valence-electron chi connectivity index (χ2n) is 3.97. The zero-order valence-corrected chi connectivity index (χ0v) is 9.98. The van der Waals surface area contributed by atoms with E-state index in [1.165, 1.54) is 12.8 Å². The molecule has 1 unspecified atom stereocenters. The monoisotopic (exact) mass is 243 g/mol. The summed E-state index contributed by atoms with van der Waals surface area (Å²) in [7, 11) is 0. The first-order chi connectivity index (χ1) is 7.25. The van der Waals surface area contributed by atoms with E-state index in [-0.39, 0.29) is 11.3 Å². The van der Waals surface area contributed by atoms with Crippen LogP contribution in [0.1, 0.15) is 18.4 Å². The van der Waals surface area contributed by atoms with Crippen molar-refractivity contribution in [2.75, 3.05) is 6.54 Å². The molecular weight excluding hydrogens is 230 g/mol. The molecule has 1 heterocycles.